The molecule has 0 heterocycles. The van der Waals surface area contributed by atoms with E-state index in [9.17, 15) is 0 Å². The Balaban J connectivity index is 2.71. The number of rotatable bonds is 6. The third kappa shape index (κ3) is 4.39. The fourth-order valence-electron chi connectivity index (χ4n) is 1.86. The van der Waals surface area contributed by atoms with E-state index in [2.05, 4.69) is 57.3 Å². The summed E-state index contributed by atoms with van der Waals surface area (Å²) in [7, 11) is 0. The molecule has 0 aliphatic carbocycles. The summed E-state index contributed by atoms with van der Waals surface area (Å²) in [5, 5.41) is 3.60. The molecule has 0 bridgehead atoms. The zero-order valence-electron chi connectivity index (χ0n) is 11.6. The van der Waals surface area contributed by atoms with E-state index in [1.165, 1.54) is 17.7 Å². The van der Waals surface area contributed by atoms with Crippen LogP contribution in [0.4, 0.5) is 5.69 Å². The maximum Gasteiger partial charge on any atom is 0.0467 e. The number of anilines is 1. The Morgan fingerprint density at radius 1 is 1.29 bits per heavy atom. The smallest absolute Gasteiger partial charge is 0.0467 e. The first kappa shape index (κ1) is 14.0. The monoisotopic (exact) mass is 234 g/mol. The molecule has 0 amide bonds. The molecule has 1 rings (SSSR count). The van der Waals surface area contributed by atoms with Crippen molar-refractivity contribution >= 4 is 5.69 Å². The Labute approximate surface area is 106 Å². The molecule has 0 aromatic heterocycles. The van der Waals surface area contributed by atoms with Crippen LogP contribution in [0.25, 0.3) is 0 Å². The number of hydrogen-bond donors (Lipinski definition) is 2. The first-order chi connectivity index (χ1) is 7.97. The lowest BCUT2D eigenvalue weighted by atomic mass is 9.91. The largest absolute Gasteiger partial charge is 0.378 e. The second-order valence-electron chi connectivity index (χ2n) is 5.64. The van der Waals surface area contributed by atoms with Gasteiger partial charge in [0.2, 0.25) is 0 Å². The zero-order valence-corrected chi connectivity index (χ0v) is 11.6. The van der Waals surface area contributed by atoms with E-state index < -0.39 is 0 Å². The summed E-state index contributed by atoms with van der Waals surface area (Å²) in [6.45, 7) is 9.51. The van der Waals surface area contributed by atoms with Crippen molar-refractivity contribution in [3.8, 4) is 0 Å². The summed E-state index contributed by atoms with van der Waals surface area (Å²) < 4.78 is 0. The van der Waals surface area contributed by atoms with Crippen molar-refractivity contribution in [3.05, 3.63) is 29.8 Å². The topological polar surface area (TPSA) is 38.0 Å². The SMILES string of the molecule is Cc1ccccc1NC(C)(CN)CCC(C)C. The van der Waals surface area contributed by atoms with E-state index in [-0.39, 0.29) is 5.54 Å². The minimum absolute atomic E-state index is 0.00359. The molecular weight excluding hydrogens is 208 g/mol. The van der Waals surface area contributed by atoms with Crippen molar-refractivity contribution < 1.29 is 0 Å². The van der Waals surface area contributed by atoms with Gasteiger partial charge in [-0.15, -0.1) is 0 Å². The average molecular weight is 234 g/mol. The zero-order chi connectivity index (χ0) is 12.9. The molecule has 0 saturated heterocycles. The lowest BCUT2D eigenvalue weighted by Gasteiger charge is -2.32. The molecule has 1 atom stereocenters. The molecular formula is C15H26N2. The summed E-state index contributed by atoms with van der Waals surface area (Å²) in [6.07, 6.45) is 2.31. The molecule has 1 unspecified atom stereocenters. The second kappa shape index (κ2) is 6.06. The first-order valence-corrected chi connectivity index (χ1v) is 6.51. The predicted molar refractivity (Wildman–Crippen MR) is 76.3 cm³/mol. The van der Waals surface area contributed by atoms with Crippen molar-refractivity contribution in [1.82, 2.24) is 0 Å². The maximum atomic E-state index is 5.93. The van der Waals surface area contributed by atoms with E-state index in [0.29, 0.717) is 6.54 Å². The summed E-state index contributed by atoms with van der Waals surface area (Å²) in [5.74, 6) is 0.722. The van der Waals surface area contributed by atoms with E-state index in [4.69, 9.17) is 5.73 Å². The average Bonchev–Trinajstić information content (AvgIpc) is 2.30. The lowest BCUT2D eigenvalue weighted by molar-refractivity contribution is 0.420. The summed E-state index contributed by atoms with van der Waals surface area (Å²) in [4.78, 5) is 0. The Kier molecular flexibility index (Phi) is 5.01. The first-order valence-electron chi connectivity index (χ1n) is 6.51. The van der Waals surface area contributed by atoms with Crippen molar-refractivity contribution in [2.24, 2.45) is 11.7 Å². The molecule has 0 fully saturated rings. The summed E-state index contributed by atoms with van der Waals surface area (Å²) >= 11 is 0. The summed E-state index contributed by atoms with van der Waals surface area (Å²) in [5.41, 5.74) is 8.40. The van der Waals surface area contributed by atoms with Gasteiger partial charge in [0.05, 0.1) is 0 Å². The van der Waals surface area contributed by atoms with E-state index in [1.54, 1.807) is 0 Å². The number of hydrogen-bond acceptors (Lipinski definition) is 2. The van der Waals surface area contributed by atoms with E-state index in [0.717, 1.165) is 12.3 Å². The third-order valence-corrected chi connectivity index (χ3v) is 3.31. The highest BCUT2D eigenvalue weighted by molar-refractivity contribution is 5.52. The predicted octanol–water partition coefficient (Wildman–Crippen LogP) is 3.56. The van der Waals surface area contributed by atoms with Crippen molar-refractivity contribution in [2.75, 3.05) is 11.9 Å². The minimum Gasteiger partial charge on any atom is -0.378 e. The molecule has 2 nitrogen and oxygen atoms in total. The van der Waals surface area contributed by atoms with Crippen LogP contribution in [0.2, 0.25) is 0 Å². The van der Waals surface area contributed by atoms with Gasteiger partial charge in [-0.25, -0.2) is 0 Å². The highest BCUT2D eigenvalue weighted by Crippen LogP contribution is 2.23. The number of benzene rings is 1. The molecule has 0 saturated carbocycles. The molecule has 2 heteroatoms. The molecule has 96 valence electrons. The van der Waals surface area contributed by atoms with Gasteiger partial charge >= 0.3 is 0 Å². The van der Waals surface area contributed by atoms with Crippen LogP contribution in [-0.4, -0.2) is 12.1 Å². The third-order valence-electron chi connectivity index (χ3n) is 3.31. The van der Waals surface area contributed by atoms with E-state index >= 15 is 0 Å². The Hall–Kier alpha value is -1.02. The van der Waals surface area contributed by atoms with Crippen LogP contribution in [0.1, 0.15) is 39.2 Å². The Bertz CT molecular complexity index is 347. The number of aryl methyl sites for hydroxylation is 1. The van der Waals surface area contributed by atoms with Crippen LogP contribution in [0.3, 0.4) is 0 Å². The summed E-state index contributed by atoms with van der Waals surface area (Å²) in [6, 6.07) is 8.38. The molecule has 1 aromatic carbocycles. The lowest BCUT2D eigenvalue weighted by Crippen LogP contribution is -2.42. The Morgan fingerprint density at radius 2 is 1.94 bits per heavy atom. The van der Waals surface area contributed by atoms with Gasteiger partial charge in [0.25, 0.3) is 0 Å². The van der Waals surface area contributed by atoms with Crippen molar-refractivity contribution in [1.29, 1.82) is 0 Å². The van der Waals surface area contributed by atoms with Gasteiger partial charge in [-0.2, -0.15) is 0 Å². The minimum atomic E-state index is -0.00359. The number of nitrogens with one attached hydrogen (secondary N) is 1. The second-order valence-corrected chi connectivity index (χ2v) is 5.64. The van der Waals surface area contributed by atoms with Crippen LogP contribution in [0.15, 0.2) is 24.3 Å². The van der Waals surface area contributed by atoms with Crippen LogP contribution in [0, 0.1) is 12.8 Å². The van der Waals surface area contributed by atoms with Gasteiger partial charge < -0.3 is 11.1 Å². The molecule has 3 N–H and O–H groups in total. The van der Waals surface area contributed by atoms with Crippen LogP contribution >= 0.6 is 0 Å². The van der Waals surface area contributed by atoms with Crippen LogP contribution < -0.4 is 11.1 Å². The molecule has 0 aliphatic heterocycles. The van der Waals surface area contributed by atoms with Crippen molar-refractivity contribution in [2.45, 2.75) is 46.1 Å². The quantitative estimate of drug-likeness (QED) is 0.790. The van der Waals surface area contributed by atoms with Gasteiger partial charge in [0, 0.05) is 17.8 Å². The fourth-order valence-corrected chi connectivity index (χ4v) is 1.86. The maximum absolute atomic E-state index is 5.93. The molecule has 17 heavy (non-hydrogen) atoms. The van der Waals surface area contributed by atoms with E-state index in [1.807, 2.05) is 0 Å². The highest BCUT2D eigenvalue weighted by Gasteiger charge is 2.22. The Morgan fingerprint density at radius 3 is 2.47 bits per heavy atom. The number of nitrogens with two attached hydrogens (primary N) is 1. The highest BCUT2D eigenvalue weighted by atomic mass is 15.0. The van der Waals surface area contributed by atoms with Gasteiger partial charge in [-0.1, -0.05) is 32.0 Å². The van der Waals surface area contributed by atoms with Crippen LogP contribution in [-0.2, 0) is 0 Å². The van der Waals surface area contributed by atoms with Crippen molar-refractivity contribution in [3.63, 3.8) is 0 Å². The normalized spacial score (nSPS) is 14.7. The fraction of sp³-hybridized carbons (Fsp3) is 0.600. The molecule has 0 spiro atoms. The standard InChI is InChI=1S/C15H26N2/c1-12(2)9-10-15(4,11-16)17-14-8-6-5-7-13(14)3/h5-8,12,17H,9-11,16H2,1-4H3. The van der Waals surface area contributed by atoms with Crippen LogP contribution in [0.5, 0.6) is 0 Å². The van der Waals surface area contributed by atoms with Gasteiger partial charge in [0.15, 0.2) is 0 Å². The molecule has 0 aliphatic rings. The number of para-hydroxylation sites is 1. The van der Waals surface area contributed by atoms with Gasteiger partial charge in [0.1, 0.15) is 0 Å². The van der Waals surface area contributed by atoms with Gasteiger partial charge in [-0.3, -0.25) is 0 Å². The molecule has 1 aromatic rings. The van der Waals surface area contributed by atoms with Gasteiger partial charge in [-0.05, 0) is 44.2 Å². The molecule has 0 radical (unpaired) electrons.